The van der Waals surface area contributed by atoms with Crippen molar-refractivity contribution in [1.29, 1.82) is 0 Å². The van der Waals surface area contributed by atoms with Gasteiger partial charge in [0.05, 0.1) is 5.69 Å². The van der Waals surface area contributed by atoms with Crippen LogP contribution in [-0.2, 0) is 0 Å². The Labute approximate surface area is 154 Å². The molecule has 0 unspecified atom stereocenters. The minimum atomic E-state index is -1.15. The number of rotatable bonds is 5. The van der Waals surface area contributed by atoms with Gasteiger partial charge in [-0.1, -0.05) is 24.5 Å². The van der Waals surface area contributed by atoms with E-state index in [1.807, 2.05) is 13.0 Å². The third-order valence-electron chi connectivity index (χ3n) is 4.36. The number of benzene rings is 1. The van der Waals surface area contributed by atoms with E-state index in [1.165, 1.54) is 5.38 Å². The quantitative estimate of drug-likeness (QED) is 0.682. The van der Waals surface area contributed by atoms with E-state index in [9.17, 15) is 14.4 Å². The van der Waals surface area contributed by atoms with Gasteiger partial charge < -0.3 is 10.4 Å². The summed E-state index contributed by atoms with van der Waals surface area (Å²) in [7, 11) is 0. The van der Waals surface area contributed by atoms with Gasteiger partial charge in [-0.05, 0) is 31.9 Å². The summed E-state index contributed by atoms with van der Waals surface area (Å²) in [6.07, 6.45) is 3.88. The number of nitrogens with one attached hydrogen (secondary N) is 2. The normalized spacial score (nSPS) is 14.2. The second-order valence-electron chi connectivity index (χ2n) is 6.32. The predicted molar refractivity (Wildman–Crippen MR) is 99.2 cm³/mol. The molecular formula is C18H19N3O4S. The maximum Gasteiger partial charge on any atom is 0.355 e. The monoisotopic (exact) mass is 373 g/mol. The summed E-state index contributed by atoms with van der Waals surface area (Å²) < 4.78 is 0. The van der Waals surface area contributed by atoms with Gasteiger partial charge in [-0.15, -0.1) is 11.3 Å². The number of aryl methyl sites for hydroxylation is 1. The minimum Gasteiger partial charge on any atom is -0.476 e. The first-order valence-electron chi connectivity index (χ1n) is 8.35. The van der Waals surface area contributed by atoms with E-state index < -0.39 is 12.0 Å². The van der Waals surface area contributed by atoms with Gasteiger partial charge in [-0.25, -0.2) is 14.6 Å². The fourth-order valence-corrected chi connectivity index (χ4v) is 3.74. The van der Waals surface area contributed by atoms with Crippen LogP contribution in [0, 0.1) is 12.8 Å². The molecule has 0 saturated heterocycles. The van der Waals surface area contributed by atoms with Crippen molar-refractivity contribution in [2.24, 2.45) is 5.92 Å². The third kappa shape index (κ3) is 4.08. The Morgan fingerprint density at radius 3 is 2.58 bits per heavy atom. The molecule has 8 heteroatoms. The van der Waals surface area contributed by atoms with Gasteiger partial charge in [0.15, 0.2) is 16.6 Å². The molecule has 136 valence electrons. The van der Waals surface area contributed by atoms with Crippen LogP contribution < -0.4 is 10.6 Å². The van der Waals surface area contributed by atoms with Crippen molar-refractivity contribution in [3.8, 4) is 0 Å². The van der Waals surface area contributed by atoms with Crippen molar-refractivity contribution in [1.82, 2.24) is 4.98 Å². The summed E-state index contributed by atoms with van der Waals surface area (Å²) in [6, 6.07) is 4.76. The highest BCUT2D eigenvalue weighted by atomic mass is 32.1. The maximum atomic E-state index is 12.8. The summed E-state index contributed by atoms with van der Waals surface area (Å²) in [6.45, 7) is 1.90. The second kappa shape index (κ2) is 7.65. The van der Waals surface area contributed by atoms with E-state index in [-0.39, 0.29) is 22.5 Å². The zero-order valence-corrected chi connectivity index (χ0v) is 15.1. The number of ketones is 1. The summed E-state index contributed by atoms with van der Waals surface area (Å²) in [5, 5.41) is 15.6. The molecule has 7 nitrogen and oxygen atoms in total. The maximum absolute atomic E-state index is 12.8. The van der Waals surface area contributed by atoms with Crippen LogP contribution in [0.3, 0.4) is 0 Å². The number of anilines is 2. The number of carbonyl (C=O) groups excluding carboxylic acids is 2. The van der Waals surface area contributed by atoms with Crippen LogP contribution in [0.4, 0.5) is 15.6 Å². The largest absolute Gasteiger partial charge is 0.476 e. The standard InChI is InChI=1S/C18H19N3O4S/c1-10-6-7-13(12(8-10)15(22)11-4-2-3-5-11)19-17(25)21-18-20-14(9-26-18)16(23)24/h6-9,11H,2-5H2,1H3,(H,23,24)(H2,19,20,21,25). The highest BCUT2D eigenvalue weighted by molar-refractivity contribution is 7.14. The van der Waals surface area contributed by atoms with E-state index in [4.69, 9.17) is 5.11 Å². The molecule has 1 aromatic heterocycles. The Morgan fingerprint density at radius 1 is 1.19 bits per heavy atom. The number of aromatic carboxylic acids is 1. The van der Waals surface area contributed by atoms with Gasteiger partial charge in [0.1, 0.15) is 0 Å². The fraction of sp³-hybridized carbons (Fsp3) is 0.333. The molecule has 3 N–H and O–H groups in total. The van der Waals surface area contributed by atoms with Crippen molar-refractivity contribution < 1.29 is 19.5 Å². The van der Waals surface area contributed by atoms with Crippen molar-refractivity contribution in [2.75, 3.05) is 10.6 Å². The van der Waals surface area contributed by atoms with Crippen LogP contribution in [0.5, 0.6) is 0 Å². The van der Waals surface area contributed by atoms with Gasteiger partial charge >= 0.3 is 12.0 Å². The van der Waals surface area contributed by atoms with E-state index in [0.717, 1.165) is 42.6 Å². The molecule has 0 atom stereocenters. The predicted octanol–water partition coefficient (Wildman–Crippen LogP) is 4.17. The molecule has 1 saturated carbocycles. The van der Waals surface area contributed by atoms with Crippen molar-refractivity contribution in [3.05, 3.63) is 40.4 Å². The molecule has 2 aromatic rings. The van der Waals surface area contributed by atoms with Gasteiger partial charge in [-0.2, -0.15) is 0 Å². The highest BCUT2D eigenvalue weighted by Gasteiger charge is 2.26. The number of aromatic nitrogens is 1. The van der Waals surface area contributed by atoms with Crippen molar-refractivity contribution in [2.45, 2.75) is 32.6 Å². The lowest BCUT2D eigenvalue weighted by Crippen LogP contribution is -2.22. The molecule has 0 bridgehead atoms. The average Bonchev–Trinajstić information content (AvgIpc) is 3.27. The summed E-state index contributed by atoms with van der Waals surface area (Å²) >= 11 is 1.02. The lowest BCUT2D eigenvalue weighted by Gasteiger charge is -2.14. The third-order valence-corrected chi connectivity index (χ3v) is 5.12. The molecule has 1 aliphatic carbocycles. The number of carbonyl (C=O) groups is 3. The smallest absolute Gasteiger partial charge is 0.355 e. The minimum absolute atomic E-state index is 0.0116. The first-order chi connectivity index (χ1) is 12.4. The summed E-state index contributed by atoms with van der Waals surface area (Å²) in [4.78, 5) is 39.7. The Balaban J connectivity index is 1.74. The van der Waals surface area contributed by atoms with Crippen LogP contribution in [0.1, 0.15) is 52.1 Å². The SMILES string of the molecule is Cc1ccc(NC(=O)Nc2nc(C(=O)O)cs2)c(C(=O)C2CCCC2)c1. The summed E-state index contributed by atoms with van der Waals surface area (Å²) in [5.41, 5.74) is 1.78. The highest BCUT2D eigenvalue weighted by Crippen LogP contribution is 2.31. The van der Waals surface area contributed by atoms with E-state index >= 15 is 0 Å². The number of carboxylic acids is 1. The Morgan fingerprint density at radius 2 is 1.92 bits per heavy atom. The number of urea groups is 1. The molecule has 1 fully saturated rings. The molecular weight excluding hydrogens is 354 g/mol. The topological polar surface area (TPSA) is 108 Å². The first kappa shape index (κ1) is 18.1. The number of amides is 2. The Kier molecular flexibility index (Phi) is 5.32. The van der Waals surface area contributed by atoms with E-state index in [2.05, 4.69) is 15.6 Å². The second-order valence-corrected chi connectivity index (χ2v) is 7.17. The van der Waals surface area contributed by atoms with Crippen LogP contribution in [0.2, 0.25) is 0 Å². The molecule has 1 aliphatic rings. The Hall–Kier alpha value is -2.74. The van der Waals surface area contributed by atoms with Crippen LogP contribution >= 0.6 is 11.3 Å². The van der Waals surface area contributed by atoms with Crippen molar-refractivity contribution >= 4 is 39.9 Å². The van der Waals surface area contributed by atoms with Crippen molar-refractivity contribution in [3.63, 3.8) is 0 Å². The summed E-state index contributed by atoms with van der Waals surface area (Å²) in [5.74, 6) is -1.08. The van der Waals surface area contributed by atoms with Gasteiger partial charge in [0.2, 0.25) is 0 Å². The molecule has 1 heterocycles. The number of thiazole rings is 1. The number of hydrogen-bond donors (Lipinski definition) is 3. The molecule has 0 spiro atoms. The van der Waals surface area contributed by atoms with Crippen LogP contribution in [0.25, 0.3) is 0 Å². The average molecular weight is 373 g/mol. The lowest BCUT2D eigenvalue weighted by atomic mass is 9.94. The molecule has 2 amide bonds. The number of hydrogen-bond acceptors (Lipinski definition) is 5. The molecule has 1 aromatic carbocycles. The van der Waals surface area contributed by atoms with Gasteiger partial charge in [-0.3, -0.25) is 10.1 Å². The van der Waals surface area contributed by atoms with E-state index in [0.29, 0.717) is 11.3 Å². The fourth-order valence-electron chi connectivity index (χ4n) is 3.06. The lowest BCUT2D eigenvalue weighted by molar-refractivity contribution is 0.0691. The molecule has 0 aliphatic heterocycles. The van der Waals surface area contributed by atoms with Crippen LogP contribution in [0.15, 0.2) is 23.6 Å². The van der Waals surface area contributed by atoms with Crippen LogP contribution in [-0.4, -0.2) is 27.9 Å². The number of nitrogens with zero attached hydrogens (tertiary/aromatic N) is 1. The number of carboxylic acid groups (broad SMARTS) is 1. The molecule has 3 rings (SSSR count). The zero-order chi connectivity index (χ0) is 18.7. The molecule has 0 radical (unpaired) electrons. The van der Waals surface area contributed by atoms with Gasteiger partial charge in [0.25, 0.3) is 0 Å². The van der Waals surface area contributed by atoms with E-state index in [1.54, 1.807) is 12.1 Å². The Bertz CT molecular complexity index is 856. The zero-order valence-electron chi connectivity index (χ0n) is 14.2. The number of Topliss-reactive ketones (excluding diaryl/α,β-unsaturated/α-hetero) is 1. The van der Waals surface area contributed by atoms with Gasteiger partial charge in [0, 0.05) is 16.9 Å². The first-order valence-corrected chi connectivity index (χ1v) is 9.23. The molecule has 26 heavy (non-hydrogen) atoms.